The van der Waals surface area contributed by atoms with Gasteiger partial charge in [0, 0.05) is 43.7 Å². The van der Waals surface area contributed by atoms with Crippen LogP contribution >= 0.6 is 0 Å². The van der Waals surface area contributed by atoms with Crippen molar-refractivity contribution in [2.75, 3.05) is 21.3 Å². The molecule has 1 atom stereocenters. The highest BCUT2D eigenvalue weighted by atomic mass is 28.1. The summed E-state index contributed by atoms with van der Waals surface area (Å²) in [6.45, 7) is 0. The van der Waals surface area contributed by atoms with Crippen molar-refractivity contribution in [3.63, 3.8) is 0 Å². The minimum absolute atomic E-state index is 0.582. The van der Waals surface area contributed by atoms with Gasteiger partial charge in [-0.15, -0.1) is 0 Å². The number of rotatable bonds is 8. The fraction of sp³-hybridized carbons (Fsp3) is 0.600. The fourth-order valence-electron chi connectivity index (χ4n) is 1.37. The molecule has 0 rings (SSSR count). The lowest BCUT2D eigenvalue weighted by molar-refractivity contribution is -0.377. The third-order valence-corrected chi connectivity index (χ3v) is 2.97. The van der Waals surface area contributed by atoms with Gasteiger partial charge in [0.15, 0.2) is 0 Å². The highest BCUT2D eigenvalue weighted by Gasteiger charge is 2.43. The monoisotopic (exact) mass is 278 g/mol. The molecule has 0 aliphatic rings. The molecular formula is C10H18O7Si. The Morgan fingerprint density at radius 1 is 1.28 bits per heavy atom. The van der Waals surface area contributed by atoms with E-state index in [4.69, 9.17) is 24.1 Å². The molecule has 0 bridgehead atoms. The molecule has 18 heavy (non-hydrogen) atoms. The summed E-state index contributed by atoms with van der Waals surface area (Å²) >= 11 is 0. The van der Waals surface area contributed by atoms with E-state index in [0.29, 0.717) is 12.1 Å². The van der Waals surface area contributed by atoms with Gasteiger partial charge in [0.1, 0.15) is 6.10 Å². The summed E-state index contributed by atoms with van der Waals surface area (Å²) in [6.07, 6.45) is 0.858. The summed E-state index contributed by atoms with van der Waals surface area (Å²) in [4.78, 5) is 21.7. The van der Waals surface area contributed by atoms with E-state index < -0.39 is 24.0 Å². The summed E-state index contributed by atoms with van der Waals surface area (Å²) in [5.41, 5.74) is 0. The number of aliphatic carboxylic acids is 1. The number of ether oxygens (including phenoxy) is 4. The van der Waals surface area contributed by atoms with E-state index in [1.807, 2.05) is 0 Å². The summed E-state index contributed by atoms with van der Waals surface area (Å²) in [5.74, 6) is -3.81. The molecule has 104 valence electrons. The van der Waals surface area contributed by atoms with Crippen molar-refractivity contribution in [2.24, 2.45) is 0 Å². The van der Waals surface area contributed by atoms with Crippen LogP contribution in [-0.4, -0.2) is 60.7 Å². The van der Waals surface area contributed by atoms with Crippen molar-refractivity contribution in [1.82, 2.24) is 0 Å². The molecular weight excluding hydrogens is 260 g/mol. The van der Waals surface area contributed by atoms with Crippen LogP contribution in [0.5, 0.6) is 0 Å². The largest absolute Gasteiger partial charge is 0.478 e. The minimum atomic E-state index is -1.67. The van der Waals surface area contributed by atoms with E-state index in [0.717, 1.165) is 16.3 Å². The van der Waals surface area contributed by atoms with Crippen LogP contribution in [0.1, 0.15) is 0 Å². The molecule has 0 aromatic heterocycles. The predicted octanol–water partition coefficient (Wildman–Crippen LogP) is -1.08. The Kier molecular flexibility index (Phi) is 7.44. The van der Waals surface area contributed by atoms with Crippen molar-refractivity contribution in [2.45, 2.75) is 18.1 Å². The first-order valence-electron chi connectivity index (χ1n) is 5.22. The van der Waals surface area contributed by atoms with Crippen LogP contribution in [0, 0.1) is 0 Å². The molecule has 0 heterocycles. The second-order valence-electron chi connectivity index (χ2n) is 3.24. The summed E-state index contributed by atoms with van der Waals surface area (Å²) < 4.78 is 20.3. The summed E-state index contributed by atoms with van der Waals surface area (Å²) in [5, 5.41) is 8.40. The van der Waals surface area contributed by atoms with Gasteiger partial charge < -0.3 is 24.1 Å². The van der Waals surface area contributed by atoms with Crippen molar-refractivity contribution < 1.29 is 33.6 Å². The van der Waals surface area contributed by atoms with Crippen LogP contribution in [0.2, 0.25) is 6.04 Å². The normalized spacial score (nSPS) is 13.7. The van der Waals surface area contributed by atoms with E-state index >= 15 is 0 Å². The molecule has 8 heteroatoms. The molecule has 1 unspecified atom stereocenters. The lowest BCUT2D eigenvalue weighted by Crippen LogP contribution is -2.50. The SMILES string of the molecule is COC(C[SiH3])C(OC)(OC)OC(=O)/C=C/C(=O)O. The number of methoxy groups -OCH3 is 3. The predicted molar refractivity (Wildman–Crippen MR) is 65.2 cm³/mol. The number of hydrogen-bond donors (Lipinski definition) is 1. The number of carbonyl (C=O) groups is 2. The molecule has 0 aliphatic heterocycles. The zero-order valence-corrected chi connectivity index (χ0v) is 12.8. The van der Waals surface area contributed by atoms with E-state index in [-0.39, 0.29) is 0 Å². The van der Waals surface area contributed by atoms with Crippen LogP contribution in [0.3, 0.4) is 0 Å². The van der Waals surface area contributed by atoms with E-state index in [1.165, 1.54) is 21.3 Å². The topological polar surface area (TPSA) is 91.3 Å². The minimum Gasteiger partial charge on any atom is -0.478 e. The Balaban J connectivity index is 4.90. The average molecular weight is 278 g/mol. The van der Waals surface area contributed by atoms with E-state index in [2.05, 4.69) is 0 Å². The van der Waals surface area contributed by atoms with Crippen molar-refractivity contribution in [3.05, 3.63) is 12.2 Å². The molecule has 7 nitrogen and oxygen atoms in total. The first-order chi connectivity index (χ1) is 8.45. The Morgan fingerprint density at radius 3 is 2.17 bits per heavy atom. The van der Waals surface area contributed by atoms with Gasteiger partial charge in [-0.2, -0.15) is 0 Å². The molecule has 0 saturated heterocycles. The number of carboxylic acids is 1. The quantitative estimate of drug-likeness (QED) is 0.261. The maximum atomic E-state index is 11.4. The van der Waals surface area contributed by atoms with Gasteiger partial charge >= 0.3 is 17.9 Å². The molecule has 0 aromatic carbocycles. The van der Waals surface area contributed by atoms with Gasteiger partial charge in [-0.3, -0.25) is 0 Å². The average Bonchev–Trinajstić information content (AvgIpc) is 2.36. The molecule has 0 spiro atoms. The van der Waals surface area contributed by atoms with Gasteiger partial charge in [-0.05, 0) is 6.04 Å². The number of carbonyl (C=O) groups excluding carboxylic acids is 1. The highest BCUT2D eigenvalue weighted by Crippen LogP contribution is 2.23. The maximum absolute atomic E-state index is 11.4. The molecule has 0 aromatic rings. The Hall–Kier alpha value is -1.22. The standard InChI is InChI=1S/C10H18O7Si/c1-14-7(6-18)10(15-2,16-3)17-9(13)5-4-8(11)12/h4-5,7H,6H2,1-3,18H3,(H,11,12)/b5-4+. The number of hydrogen-bond acceptors (Lipinski definition) is 6. The van der Waals surface area contributed by atoms with Crippen LogP contribution in [0.4, 0.5) is 0 Å². The van der Waals surface area contributed by atoms with Gasteiger partial charge in [-0.25, -0.2) is 9.59 Å². The van der Waals surface area contributed by atoms with Crippen LogP contribution < -0.4 is 0 Å². The van der Waals surface area contributed by atoms with Crippen LogP contribution in [-0.2, 0) is 28.5 Å². The third-order valence-electron chi connectivity index (χ3n) is 2.22. The second-order valence-corrected chi connectivity index (χ2v) is 4.05. The number of esters is 1. The highest BCUT2D eigenvalue weighted by molar-refractivity contribution is 6.08. The van der Waals surface area contributed by atoms with Crippen molar-refractivity contribution in [1.29, 1.82) is 0 Å². The van der Waals surface area contributed by atoms with Gasteiger partial charge in [0.25, 0.3) is 0 Å². The smallest absolute Gasteiger partial charge is 0.356 e. The first kappa shape index (κ1) is 16.8. The Morgan fingerprint density at radius 2 is 1.83 bits per heavy atom. The first-order valence-corrected chi connectivity index (χ1v) is 6.64. The molecule has 0 fully saturated rings. The fourth-order valence-corrected chi connectivity index (χ4v) is 2.20. The van der Waals surface area contributed by atoms with E-state index in [9.17, 15) is 9.59 Å². The molecule has 0 amide bonds. The Labute approximate surface area is 108 Å². The Bertz CT molecular complexity index is 307. The maximum Gasteiger partial charge on any atom is 0.356 e. The third kappa shape index (κ3) is 4.57. The molecule has 0 aliphatic carbocycles. The zero-order chi connectivity index (χ0) is 14.2. The lowest BCUT2D eigenvalue weighted by Gasteiger charge is -2.34. The van der Waals surface area contributed by atoms with E-state index in [1.54, 1.807) is 0 Å². The van der Waals surface area contributed by atoms with Gasteiger partial charge in [-0.1, -0.05) is 0 Å². The molecule has 0 radical (unpaired) electrons. The van der Waals surface area contributed by atoms with Gasteiger partial charge in [0.2, 0.25) is 0 Å². The zero-order valence-electron chi connectivity index (χ0n) is 10.8. The molecule has 0 saturated carbocycles. The van der Waals surface area contributed by atoms with Crippen LogP contribution in [0.25, 0.3) is 0 Å². The lowest BCUT2D eigenvalue weighted by atomic mass is 10.3. The van der Waals surface area contributed by atoms with Gasteiger partial charge in [0.05, 0.1) is 0 Å². The second kappa shape index (κ2) is 7.98. The number of carboxylic acid groups (broad SMARTS) is 1. The summed E-state index contributed by atoms with van der Waals surface area (Å²) in [6, 6.07) is 0.605. The van der Waals surface area contributed by atoms with Crippen molar-refractivity contribution >= 4 is 22.2 Å². The summed E-state index contributed by atoms with van der Waals surface area (Å²) in [7, 11) is 4.84. The van der Waals surface area contributed by atoms with Crippen molar-refractivity contribution in [3.8, 4) is 0 Å². The van der Waals surface area contributed by atoms with Crippen LogP contribution in [0.15, 0.2) is 12.2 Å². The molecule has 1 N–H and O–H groups in total.